The highest BCUT2D eigenvalue weighted by atomic mass is 16.7. The van der Waals surface area contributed by atoms with Gasteiger partial charge in [0.2, 0.25) is 0 Å². The van der Waals surface area contributed by atoms with E-state index in [4.69, 9.17) is 9.47 Å². The molecule has 288 valence electrons. The van der Waals surface area contributed by atoms with Crippen LogP contribution in [0.5, 0.6) is 0 Å². The minimum Gasteiger partial charge on any atom is -0.352 e. The first-order chi connectivity index (χ1) is 33.8. The molecule has 0 radical (unpaired) electrons. The molecule has 4 aliphatic carbocycles. The van der Waals surface area contributed by atoms with E-state index in [9.17, 15) is 0 Å². The van der Waals surface area contributed by atoms with Gasteiger partial charge in [-0.1, -0.05) is 13.8 Å². The number of rotatable bonds is 3. The molecule has 0 N–H and O–H groups in total. The fraction of sp³-hybridized carbons (Fsp3) is 0.121. The molecule has 0 unspecified atom stereocenters. The zero-order valence-corrected chi connectivity index (χ0v) is 35.4. The van der Waals surface area contributed by atoms with E-state index in [1.165, 1.54) is 0 Å². The van der Waals surface area contributed by atoms with Crippen molar-refractivity contribution in [3.8, 4) is 0 Å². The standard InChI is InChI=1S/C66H12O2/c1-3-4-67-64-5(2)65-60-52-44-34-24-16-8-6-7-10-14-12(8)20-28-22(14)32-26-18(10)19-11(7)15-13-9(6)17(16)25-31-21(13)29-23(15)33-27(19)37-36(26)48-42(32)50-40(28)46(38(44)30(20)24)54(60)56(50)62-58(48)59-49(37)43(33)51-41(29)47-39(31)45(35(25)34)53(52)61(65)55(47)57(51)63(59)66(62,65)68-64/h5,64H,3-4H2,1-2H3/t5-,64-,65?,66?/m0/s1. The molecule has 1 heterocycles. The van der Waals surface area contributed by atoms with Crippen LogP contribution in [0, 0.1) is 5.92 Å². The predicted octanol–water partition coefficient (Wildman–Crippen LogP) is 17.7. The largest absolute Gasteiger partial charge is 0.352 e. The molecule has 1 fully saturated rings. The molecule has 2 heteroatoms. The summed E-state index contributed by atoms with van der Waals surface area (Å²) >= 11 is 0. The van der Waals surface area contributed by atoms with E-state index in [0.29, 0.717) is 0 Å². The summed E-state index contributed by atoms with van der Waals surface area (Å²) in [6.45, 7) is 5.62. The summed E-state index contributed by atoms with van der Waals surface area (Å²) in [5, 5.41) is 88.2. The monoisotopic (exact) mass is 836 g/mol. The maximum atomic E-state index is 8.54. The van der Waals surface area contributed by atoms with Gasteiger partial charge in [0, 0.05) is 23.7 Å². The number of hydrogen-bond acceptors (Lipinski definition) is 2. The van der Waals surface area contributed by atoms with E-state index in [2.05, 4.69) is 13.8 Å². The van der Waals surface area contributed by atoms with Crippen molar-refractivity contribution in [2.45, 2.75) is 37.6 Å². The SMILES string of the molecule is CCCO[C@H]1OC23c4c5c6c7c8c9c(c%10c%11c2c2c4c4c%12c5c5c6c6c8c8c%13c9c9c%10c%10c%11c%11c2c2c4c4c%12c%12c5c5c6c8c6c8c%13c9c9c%10c%10c%11c2c2c4c4c%12c5c6c5c8c9c%10c2c45)C73[C@H]1C. The van der Waals surface area contributed by atoms with Gasteiger partial charge in [0.05, 0.1) is 5.41 Å². The summed E-state index contributed by atoms with van der Waals surface area (Å²) in [6, 6.07) is 0. The number of ether oxygens (including phenoxy) is 2. The molecular formula is C66H12O2. The molecule has 1 aliphatic heterocycles. The highest BCUT2D eigenvalue weighted by Gasteiger charge is 2.77. The molecule has 28 aromatic rings. The van der Waals surface area contributed by atoms with Crippen LogP contribution in [0.2, 0.25) is 0 Å². The molecule has 5 aliphatic rings. The average molecular weight is 837 g/mol. The third kappa shape index (κ3) is 1.30. The number of benzene rings is 18. The molecule has 2 nitrogen and oxygen atoms in total. The molecule has 0 aromatic heterocycles. The lowest BCUT2D eigenvalue weighted by Gasteiger charge is -2.50. The van der Waals surface area contributed by atoms with Crippen LogP contribution in [0.25, 0.3) is 291 Å². The van der Waals surface area contributed by atoms with Crippen molar-refractivity contribution >= 4 is 291 Å². The second-order valence-electron chi connectivity index (χ2n) is 25.4. The average Bonchev–Trinajstić information content (AvgIpc) is 4.22. The van der Waals surface area contributed by atoms with Crippen LogP contribution >= 0.6 is 0 Å². The Morgan fingerprint density at radius 1 is 0.279 bits per heavy atom. The fourth-order valence-corrected chi connectivity index (χ4v) is 25.1. The lowest BCUT2D eigenvalue weighted by atomic mass is 9.51. The Kier molecular flexibility index (Phi) is 2.14. The first-order valence-corrected chi connectivity index (χ1v) is 25.9. The van der Waals surface area contributed by atoms with Gasteiger partial charge in [0.1, 0.15) is 5.60 Å². The van der Waals surface area contributed by atoms with Gasteiger partial charge < -0.3 is 9.47 Å². The fourth-order valence-electron chi connectivity index (χ4n) is 25.1. The normalized spacial score (nSPS) is 25.1. The Hall–Kier alpha value is -7.62. The summed E-state index contributed by atoms with van der Waals surface area (Å²) in [5.74, 6) is 0.116. The molecule has 0 amide bonds. The first-order valence-electron chi connectivity index (χ1n) is 25.9. The van der Waals surface area contributed by atoms with Gasteiger partial charge >= 0.3 is 0 Å². The molecule has 33 rings (SSSR count). The quantitative estimate of drug-likeness (QED) is 0.165. The zero-order chi connectivity index (χ0) is 40.5. The molecule has 0 saturated carbocycles. The van der Waals surface area contributed by atoms with Crippen LogP contribution in [0.1, 0.15) is 42.5 Å². The van der Waals surface area contributed by atoms with Crippen molar-refractivity contribution in [3.05, 3.63) is 22.3 Å². The van der Waals surface area contributed by atoms with E-state index in [-0.39, 0.29) is 12.2 Å². The maximum absolute atomic E-state index is 8.54. The van der Waals surface area contributed by atoms with Gasteiger partial charge in [-0.3, -0.25) is 0 Å². The first kappa shape index (κ1) is 25.5. The van der Waals surface area contributed by atoms with Crippen molar-refractivity contribution in [2.75, 3.05) is 6.61 Å². The Morgan fingerprint density at radius 3 is 0.647 bits per heavy atom. The molecule has 28 aromatic carbocycles. The summed E-state index contributed by atoms with van der Waals surface area (Å²) in [6.07, 6.45) is 0.679. The second-order valence-corrected chi connectivity index (χ2v) is 25.4. The lowest BCUT2D eigenvalue weighted by molar-refractivity contribution is -0.170. The minimum atomic E-state index is -0.684. The van der Waals surface area contributed by atoms with Crippen molar-refractivity contribution in [1.82, 2.24) is 0 Å². The van der Waals surface area contributed by atoms with Crippen LogP contribution in [-0.2, 0) is 20.5 Å². The van der Waals surface area contributed by atoms with Crippen molar-refractivity contribution in [1.29, 1.82) is 0 Å². The second kappa shape index (κ2) is 5.70. The Bertz CT molecular complexity index is 6880. The third-order valence-electron chi connectivity index (χ3n) is 25.2. The predicted molar refractivity (Wildman–Crippen MR) is 284 cm³/mol. The summed E-state index contributed by atoms with van der Waals surface area (Å²) in [4.78, 5) is 0. The van der Waals surface area contributed by atoms with E-state index < -0.39 is 11.0 Å². The summed E-state index contributed by atoms with van der Waals surface area (Å²) in [7, 11) is 0. The summed E-state index contributed by atoms with van der Waals surface area (Å²) in [5.41, 5.74) is 5.38. The van der Waals surface area contributed by atoms with Crippen molar-refractivity contribution < 1.29 is 9.47 Å². The van der Waals surface area contributed by atoms with E-state index in [0.717, 1.165) is 13.0 Å². The van der Waals surface area contributed by atoms with Crippen molar-refractivity contribution in [2.24, 2.45) is 5.92 Å². The Morgan fingerprint density at radius 2 is 0.456 bits per heavy atom. The van der Waals surface area contributed by atoms with Crippen LogP contribution in [0.4, 0.5) is 0 Å². The Balaban J connectivity index is 1.21. The molecule has 68 heavy (non-hydrogen) atoms. The van der Waals surface area contributed by atoms with E-state index in [1.54, 1.807) is 313 Å². The van der Waals surface area contributed by atoms with E-state index >= 15 is 0 Å². The van der Waals surface area contributed by atoms with Gasteiger partial charge in [-0.25, -0.2) is 0 Å². The smallest absolute Gasteiger partial charge is 0.163 e. The zero-order valence-electron chi connectivity index (χ0n) is 35.4. The molecule has 0 bridgehead atoms. The maximum Gasteiger partial charge on any atom is 0.163 e. The van der Waals surface area contributed by atoms with Crippen LogP contribution in [0.15, 0.2) is 0 Å². The van der Waals surface area contributed by atoms with Gasteiger partial charge in [0.25, 0.3) is 0 Å². The van der Waals surface area contributed by atoms with Crippen LogP contribution in [-0.4, -0.2) is 12.9 Å². The minimum absolute atomic E-state index is 0.116. The highest BCUT2D eigenvalue weighted by molar-refractivity contribution is 6.82. The van der Waals surface area contributed by atoms with Gasteiger partial charge in [-0.15, -0.1) is 0 Å². The lowest BCUT2D eigenvalue weighted by Crippen LogP contribution is -2.51. The highest BCUT2D eigenvalue weighted by Crippen LogP contribution is 2.86. The topological polar surface area (TPSA) is 18.5 Å². The van der Waals surface area contributed by atoms with E-state index in [1.807, 2.05) is 0 Å². The van der Waals surface area contributed by atoms with Crippen LogP contribution < -0.4 is 0 Å². The summed E-state index contributed by atoms with van der Waals surface area (Å²) < 4.78 is 15.8. The third-order valence-corrected chi connectivity index (χ3v) is 25.2. The number of hydrogen-bond donors (Lipinski definition) is 0. The van der Waals surface area contributed by atoms with Gasteiger partial charge in [0.15, 0.2) is 6.29 Å². The van der Waals surface area contributed by atoms with Crippen LogP contribution in [0.3, 0.4) is 0 Å². The molecular weight excluding hydrogens is 825 g/mol. The molecule has 2 spiro atoms. The molecule has 1 saturated heterocycles. The van der Waals surface area contributed by atoms with Gasteiger partial charge in [-0.2, -0.15) is 0 Å². The molecule has 2 atom stereocenters. The Labute approximate surface area is 370 Å². The van der Waals surface area contributed by atoms with Crippen molar-refractivity contribution in [3.63, 3.8) is 0 Å². The van der Waals surface area contributed by atoms with Gasteiger partial charge in [-0.05, 0) is 308 Å².